The number of nitrogens with zero attached hydrogens (tertiary/aromatic N) is 2. The highest BCUT2D eigenvalue weighted by Gasteiger charge is 2.21. The Morgan fingerprint density at radius 3 is 2.71 bits per heavy atom. The van der Waals surface area contributed by atoms with Gasteiger partial charge < -0.3 is 15.1 Å². The van der Waals surface area contributed by atoms with Crippen molar-refractivity contribution in [1.82, 2.24) is 15.1 Å². The van der Waals surface area contributed by atoms with E-state index >= 15 is 0 Å². The summed E-state index contributed by atoms with van der Waals surface area (Å²) in [6.07, 6.45) is 1.31. The van der Waals surface area contributed by atoms with Crippen LogP contribution in [-0.4, -0.2) is 62.2 Å². The monoisotopic (exact) mass is 199 g/mol. The van der Waals surface area contributed by atoms with Crippen LogP contribution in [0, 0.1) is 0 Å². The summed E-state index contributed by atoms with van der Waals surface area (Å²) in [6.45, 7) is 9.33. The molecule has 0 bridgehead atoms. The smallest absolute Gasteiger partial charge is 0.0209 e. The van der Waals surface area contributed by atoms with Gasteiger partial charge in [-0.05, 0) is 27.1 Å². The summed E-state index contributed by atoms with van der Waals surface area (Å²) in [5.74, 6) is 0. The van der Waals surface area contributed by atoms with E-state index < -0.39 is 0 Å². The summed E-state index contributed by atoms with van der Waals surface area (Å²) in [4.78, 5) is 4.81. The summed E-state index contributed by atoms with van der Waals surface area (Å²) < 4.78 is 0. The van der Waals surface area contributed by atoms with Gasteiger partial charge in [-0.15, -0.1) is 0 Å². The summed E-state index contributed by atoms with van der Waals surface area (Å²) >= 11 is 0. The van der Waals surface area contributed by atoms with Gasteiger partial charge in [-0.2, -0.15) is 0 Å². The zero-order chi connectivity index (χ0) is 10.6. The van der Waals surface area contributed by atoms with Gasteiger partial charge in [0.2, 0.25) is 0 Å². The molecular formula is C11H25N3. The highest BCUT2D eigenvalue weighted by molar-refractivity contribution is 4.82. The van der Waals surface area contributed by atoms with Gasteiger partial charge in [0.15, 0.2) is 0 Å². The molecule has 1 rings (SSSR count). The Bertz CT molecular complexity index is 157. The SMILES string of the molecule is CC(C)NC1CCN(CCN(C)C)C1. The summed E-state index contributed by atoms with van der Waals surface area (Å²) in [5, 5.41) is 3.60. The first-order valence-corrected chi connectivity index (χ1v) is 5.71. The van der Waals surface area contributed by atoms with Gasteiger partial charge in [0.25, 0.3) is 0 Å². The van der Waals surface area contributed by atoms with Crippen LogP contribution in [0.3, 0.4) is 0 Å². The summed E-state index contributed by atoms with van der Waals surface area (Å²) in [6, 6.07) is 1.34. The van der Waals surface area contributed by atoms with Gasteiger partial charge in [-0.1, -0.05) is 13.8 Å². The minimum atomic E-state index is 0.619. The molecule has 1 saturated heterocycles. The molecule has 0 radical (unpaired) electrons. The highest BCUT2D eigenvalue weighted by Crippen LogP contribution is 2.09. The van der Waals surface area contributed by atoms with Gasteiger partial charge in [0.1, 0.15) is 0 Å². The summed E-state index contributed by atoms with van der Waals surface area (Å²) in [5.41, 5.74) is 0. The molecule has 1 aliphatic rings. The Morgan fingerprint density at radius 2 is 2.14 bits per heavy atom. The molecule has 3 nitrogen and oxygen atoms in total. The predicted octanol–water partition coefficient (Wildman–Crippen LogP) is 0.620. The molecule has 84 valence electrons. The third kappa shape index (κ3) is 4.40. The van der Waals surface area contributed by atoms with Crippen LogP contribution in [0.2, 0.25) is 0 Å². The zero-order valence-corrected chi connectivity index (χ0v) is 10.1. The minimum Gasteiger partial charge on any atom is -0.310 e. The van der Waals surface area contributed by atoms with Crippen LogP contribution in [0.5, 0.6) is 0 Å². The lowest BCUT2D eigenvalue weighted by Crippen LogP contribution is -2.38. The second kappa shape index (κ2) is 5.69. The lowest BCUT2D eigenvalue weighted by molar-refractivity contribution is 0.276. The molecule has 0 aromatic heterocycles. The number of rotatable bonds is 5. The third-order valence-corrected chi connectivity index (χ3v) is 2.70. The van der Waals surface area contributed by atoms with E-state index in [0.717, 1.165) is 6.04 Å². The van der Waals surface area contributed by atoms with Crippen LogP contribution in [0.1, 0.15) is 20.3 Å². The molecule has 1 heterocycles. The Balaban J connectivity index is 2.14. The molecule has 1 unspecified atom stereocenters. The number of likely N-dealkylation sites (tertiary alicyclic amines) is 1. The van der Waals surface area contributed by atoms with Gasteiger partial charge >= 0.3 is 0 Å². The Morgan fingerprint density at radius 1 is 1.43 bits per heavy atom. The van der Waals surface area contributed by atoms with Crippen LogP contribution in [0.25, 0.3) is 0 Å². The van der Waals surface area contributed by atoms with Crippen molar-refractivity contribution in [3.05, 3.63) is 0 Å². The second-order valence-corrected chi connectivity index (χ2v) is 4.91. The Labute approximate surface area is 88.5 Å². The maximum atomic E-state index is 3.60. The molecule has 1 fully saturated rings. The lowest BCUT2D eigenvalue weighted by atomic mass is 10.2. The molecule has 3 heteroatoms. The first-order chi connectivity index (χ1) is 6.58. The van der Waals surface area contributed by atoms with E-state index in [1.807, 2.05) is 0 Å². The molecule has 1 N–H and O–H groups in total. The molecule has 0 aliphatic carbocycles. The van der Waals surface area contributed by atoms with Crippen molar-refractivity contribution >= 4 is 0 Å². The standard InChI is InChI=1S/C11H25N3/c1-10(2)12-11-5-6-14(9-11)8-7-13(3)4/h10-12H,5-9H2,1-4H3. The van der Waals surface area contributed by atoms with Crippen molar-refractivity contribution in [2.45, 2.75) is 32.4 Å². The molecule has 0 amide bonds. The van der Waals surface area contributed by atoms with E-state index in [1.54, 1.807) is 0 Å². The molecule has 1 aliphatic heterocycles. The normalized spacial score (nSPS) is 24.0. The van der Waals surface area contributed by atoms with Gasteiger partial charge in [0.05, 0.1) is 0 Å². The molecular weight excluding hydrogens is 174 g/mol. The van der Waals surface area contributed by atoms with E-state index in [1.165, 1.54) is 32.6 Å². The molecule has 0 saturated carbocycles. The maximum Gasteiger partial charge on any atom is 0.0209 e. The van der Waals surface area contributed by atoms with Crippen LogP contribution in [-0.2, 0) is 0 Å². The fraction of sp³-hybridized carbons (Fsp3) is 1.00. The van der Waals surface area contributed by atoms with Crippen LogP contribution in [0.15, 0.2) is 0 Å². The molecule has 0 aromatic carbocycles. The third-order valence-electron chi connectivity index (χ3n) is 2.70. The van der Waals surface area contributed by atoms with Crippen molar-refractivity contribution in [2.75, 3.05) is 40.3 Å². The molecule has 0 spiro atoms. The largest absolute Gasteiger partial charge is 0.310 e. The van der Waals surface area contributed by atoms with E-state index in [9.17, 15) is 0 Å². The van der Waals surface area contributed by atoms with E-state index in [4.69, 9.17) is 0 Å². The van der Waals surface area contributed by atoms with Crippen molar-refractivity contribution in [3.63, 3.8) is 0 Å². The van der Waals surface area contributed by atoms with Gasteiger partial charge in [-0.3, -0.25) is 0 Å². The lowest BCUT2D eigenvalue weighted by Gasteiger charge is -2.19. The number of hydrogen-bond acceptors (Lipinski definition) is 3. The van der Waals surface area contributed by atoms with Crippen molar-refractivity contribution < 1.29 is 0 Å². The number of hydrogen-bond donors (Lipinski definition) is 1. The maximum absolute atomic E-state index is 3.60. The Kier molecular flexibility index (Phi) is 4.85. The molecule has 14 heavy (non-hydrogen) atoms. The first kappa shape index (κ1) is 12.0. The zero-order valence-electron chi connectivity index (χ0n) is 10.1. The summed E-state index contributed by atoms with van der Waals surface area (Å²) in [7, 11) is 4.28. The second-order valence-electron chi connectivity index (χ2n) is 4.91. The van der Waals surface area contributed by atoms with Crippen LogP contribution < -0.4 is 5.32 Å². The average molecular weight is 199 g/mol. The number of likely N-dealkylation sites (N-methyl/N-ethyl adjacent to an activating group) is 1. The van der Waals surface area contributed by atoms with Crippen molar-refractivity contribution in [2.24, 2.45) is 0 Å². The van der Waals surface area contributed by atoms with Gasteiger partial charge in [0, 0.05) is 31.7 Å². The highest BCUT2D eigenvalue weighted by atomic mass is 15.2. The molecule has 0 aromatic rings. The average Bonchev–Trinajstić information content (AvgIpc) is 2.47. The Hall–Kier alpha value is -0.120. The van der Waals surface area contributed by atoms with E-state index in [2.05, 4.69) is 43.1 Å². The minimum absolute atomic E-state index is 0.619. The van der Waals surface area contributed by atoms with Crippen molar-refractivity contribution in [1.29, 1.82) is 0 Å². The number of nitrogens with one attached hydrogen (secondary N) is 1. The fourth-order valence-corrected chi connectivity index (χ4v) is 1.98. The fourth-order valence-electron chi connectivity index (χ4n) is 1.98. The quantitative estimate of drug-likeness (QED) is 0.700. The molecule has 1 atom stereocenters. The van der Waals surface area contributed by atoms with Crippen LogP contribution >= 0.6 is 0 Å². The van der Waals surface area contributed by atoms with Gasteiger partial charge in [-0.25, -0.2) is 0 Å². The van der Waals surface area contributed by atoms with E-state index in [-0.39, 0.29) is 0 Å². The van der Waals surface area contributed by atoms with E-state index in [0.29, 0.717) is 6.04 Å². The van der Waals surface area contributed by atoms with Crippen molar-refractivity contribution in [3.8, 4) is 0 Å². The first-order valence-electron chi connectivity index (χ1n) is 5.71. The topological polar surface area (TPSA) is 18.5 Å². The van der Waals surface area contributed by atoms with Crippen LogP contribution in [0.4, 0.5) is 0 Å². The predicted molar refractivity (Wildman–Crippen MR) is 61.7 cm³/mol.